The van der Waals surface area contributed by atoms with Crippen molar-refractivity contribution in [1.82, 2.24) is 9.80 Å². The van der Waals surface area contributed by atoms with E-state index in [0.717, 1.165) is 24.1 Å². The van der Waals surface area contributed by atoms with Gasteiger partial charge in [0, 0.05) is 31.9 Å². The molecule has 0 radical (unpaired) electrons. The number of urea groups is 1. The molecule has 7 heteroatoms. The van der Waals surface area contributed by atoms with E-state index in [9.17, 15) is 19.5 Å². The Balaban J connectivity index is 1.59. The van der Waals surface area contributed by atoms with Crippen LogP contribution < -0.4 is 5.32 Å². The summed E-state index contributed by atoms with van der Waals surface area (Å²) in [5.41, 5.74) is 1.81. The first-order valence-electron chi connectivity index (χ1n) is 9.58. The highest BCUT2D eigenvalue weighted by Crippen LogP contribution is 2.24. The first-order valence-corrected chi connectivity index (χ1v) is 9.58. The molecule has 2 saturated heterocycles. The number of hydrogen-bond donors (Lipinski definition) is 2. The molecule has 0 spiro atoms. The van der Waals surface area contributed by atoms with Crippen LogP contribution in [0.4, 0.5) is 10.5 Å². The van der Waals surface area contributed by atoms with Gasteiger partial charge >= 0.3 is 12.0 Å². The fourth-order valence-electron chi connectivity index (χ4n) is 3.93. The Morgan fingerprint density at radius 1 is 1.04 bits per heavy atom. The van der Waals surface area contributed by atoms with Gasteiger partial charge in [0.2, 0.25) is 5.91 Å². The van der Waals surface area contributed by atoms with Gasteiger partial charge in [-0.1, -0.05) is 12.1 Å². The zero-order valence-electron chi connectivity index (χ0n) is 15.7. The Bertz CT molecular complexity index is 721. The molecule has 146 valence electrons. The molecule has 1 aromatic rings. The Labute approximate surface area is 159 Å². The third-order valence-electron chi connectivity index (χ3n) is 5.41. The predicted molar refractivity (Wildman–Crippen MR) is 101 cm³/mol. The highest BCUT2D eigenvalue weighted by Gasteiger charge is 2.34. The number of carbonyl (C=O) groups excluding carboxylic acids is 2. The van der Waals surface area contributed by atoms with E-state index >= 15 is 0 Å². The van der Waals surface area contributed by atoms with E-state index in [-0.39, 0.29) is 24.4 Å². The number of carbonyl (C=O) groups is 3. The molecule has 0 saturated carbocycles. The first kappa shape index (κ1) is 19.2. The second-order valence-corrected chi connectivity index (χ2v) is 7.55. The molecule has 0 aromatic heterocycles. The van der Waals surface area contributed by atoms with E-state index in [4.69, 9.17) is 0 Å². The van der Waals surface area contributed by atoms with Crippen LogP contribution in [-0.4, -0.2) is 59.0 Å². The van der Waals surface area contributed by atoms with Crippen molar-refractivity contribution in [3.63, 3.8) is 0 Å². The van der Waals surface area contributed by atoms with Crippen LogP contribution in [0.2, 0.25) is 0 Å². The smallest absolute Gasteiger partial charge is 0.321 e. The maximum atomic E-state index is 12.9. The molecule has 0 bridgehead atoms. The van der Waals surface area contributed by atoms with Crippen LogP contribution in [0, 0.1) is 18.8 Å². The Morgan fingerprint density at radius 3 is 2.41 bits per heavy atom. The first-order chi connectivity index (χ1) is 12.9. The van der Waals surface area contributed by atoms with Crippen LogP contribution >= 0.6 is 0 Å². The normalized spacial score (nSPS) is 23.0. The Kier molecular flexibility index (Phi) is 5.98. The van der Waals surface area contributed by atoms with Gasteiger partial charge in [-0.25, -0.2) is 4.79 Å². The van der Waals surface area contributed by atoms with Gasteiger partial charge in [-0.2, -0.15) is 0 Å². The Morgan fingerprint density at radius 2 is 1.70 bits per heavy atom. The molecule has 2 atom stereocenters. The molecule has 2 heterocycles. The number of carboxylic acids is 1. The van der Waals surface area contributed by atoms with Gasteiger partial charge in [-0.15, -0.1) is 0 Å². The molecule has 2 unspecified atom stereocenters. The second-order valence-electron chi connectivity index (χ2n) is 7.55. The minimum absolute atomic E-state index is 0.0194. The number of likely N-dealkylation sites (tertiary alicyclic amines) is 2. The summed E-state index contributed by atoms with van der Waals surface area (Å²) in [7, 11) is 0. The lowest BCUT2D eigenvalue weighted by atomic mass is 9.93. The standard InChI is InChI=1S/C20H27N3O4/c1-14-5-2-8-17(11-14)21-20(27)23-10-3-6-15(12-23)18(24)22-9-4-7-16(13-22)19(25)26/h2,5,8,11,15-16H,3-4,6-7,9-10,12-13H2,1H3,(H,21,27)(H,25,26). The minimum Gasteiger partial charge on any atom is -0.481 e. The second kappa shape index (κ2) is 8.41. The quantitative estimate of drug-likeness (QED) is 0.852. The number of nitrogens with zero attached hydrogens (tertiary/aromatic N) is 2. The van der Waals surface area contributed by atoms with Crippen molar-refractivity contribution in [3.8, 4) is 0 Å². The van der Waals surface area contributed by atoms with E-state index < -0.39 is 11.9 Å². The summed E-state index contributed by atoms with van der Waals surface area (Å²) in [4.78, 5) is 40.0. The van der Waals surface area contributed by atoms with Gasteiger partial charge < -0.3 is 20.2 Å². The predicted octanol–water partition coefficient (Wildman–Crippen LogP) is 2.56. The van der Waals surface area contributed by atoms with Crippen LogP contribution in [0.1, 0.15) is 31.2 Å². The molecule has 2 N–H and O–H groups in total. The van der Waals surface area contributed by atoms with E-state index in [1.54, 1.807) is 9.80 Å². The summed E-state index contributed by atoms with van der Waals surface area (Å²) in [5.74, 6) is -1.59. The molecule has 1 aromatic carbocycles. The molecule has 2 aliphatic rings. The van der Waals surface area contributed by atoms with Crippen molar-refractivity contribution in [3.05, 3.63) is 29.8 Å². The lowest BCUT2D eigenvalue weighted by Gasteiger charge is -2.37. The average Bonchev–Trinajstić information content (AvgIpc) is 2.67. The molecular weight excluding hydrogens is 346 g/mol. The van der Waals surface area contributed by atoms with Crippen molar-refractivity contribution in [2.24, 2.45) is 11.8 Å². The van der Waals surface area contributed by atoms with Crippen molar-refractivity contribution in [1.29, 1.82) is 0 Å². The number of amides is 3. The number of benzene rings is 1. The number of carboxylic acid groups (broad SMARTS) is 1. The van der Waals surface area contributed by atoms with Gasteiger partial charge in [0.25, 0.3) is 0 Å². The molecule has 2 fully saturated rings. The summed E-state index contributed by atoms with van der Waals surface area (Å²) in [6.45, 7) is 3.85. The number of piperidine rings is 2. The van der Waals surface area contributed by atoms with Gasteiger partial charge in [-0.3, -0.25) is 9.59 Å². The highest BCUT2D eigenvalue weighted by molar-refractivity contribution is 5.90. The zero-order valence-corrected chi connectivity index (χ0v) is 15.7. The van der Waals surface area contributed by atoms with E-state index in [2.05, 4.69) is 5.32 Å². The van der Waals surface area contributed by atoms with Crippen LogP contribution in [0.3, 0.4) is 0 Å². The van der Waals surface area contributed by atoms with Crippen LogP contribution in [0.15, 0.2) is 24.3 Å². The fourth-order valence-corrected chi connectivity index (χ4v) is 3.93. The monoisotopic (exact) mass is 373 g/mol. The number of hydrogen-bond acceptors (Lipinski definition) is 3. The van der Waals surface area contributed by atoms with Crippen molar-refractivity contribution < 1.29 is 19.5 Å². The third kappa shape index (κ3) is 4.78. The molecular formula is C20H27N3O4. The molecule has 2 aliphatic heterocycles. The molecule has 7 nitrogen and oxygen atoms in total. The minimum atomic E-state index is -0.838. The van der Waals surface area contributed by atoms with Crippen molar-refractivity contribution in [2.75, 3.05) is 31.5 Å². The molecule has 27 heavy (non-hydrogen) atoms. The van der Waals surface area contributed by atoms with Crippen molar-refractivity contribution >= 4 is 23.6 Å². The van der Waals surface area contributed by atoms with Gasteiger partial charge in [0.15, 0.2) is 0 Å². The third-order valence-corrected chi connectivity index (χ3v) is 5.41. The summed E-state index contributed by atoms with van der Waals surface area (Å²) in [5, 5.41) is 12.1. The summed E-state index contributed by atoms with van der Waals surface area (Å²) >= 11 is 0. The topological polar surface area (TPSA) is 90.0 Å². The summed E-state index contributed by atoms with van der Waals surface area (Å²) in [6, 6.07) is 7.42. The maximum absolute atomic E-state index is 12.9. The number of rotatable bonds is 3. The van der Waals surface area contributed by atoms with Crippen LogP contribution in [-0.2, 0) is 9.59 Å². The van der Waals surface area contributed by atoms with Crippen molar-refractivity contribution in [2.45, 2.75) is 32.6 Å². The average molecular weight is 373 g/mol. The Hall–Kier alpha value is -2.57. The van der Waals surface area contributed by atoms with Crippen LogP contribution in [0.25, 0.3) is 0 Å². The summed E-state index contributed by atoms with van der Waals surface area (Å²) < 4.78 is 0. The van der Waals surface area contributed by atoms with Gasteiger partial charge in [0.05, 0.1) is 11.8 Å². The largest absolute Gasteiger partial charge is 0.481 e. The molecule has 3 rings (SSSR count). The lowest BCUT2D eigenvalue weighted by Crippen LogP contribution is -2.50. The molecule has 0 aliphatic carbocycles. The van der Waals surface area contributed by atoms with E-state index in [1.165, 1.54) is 0 Å². The fraction of sp³-hybridized carbons (Fsp3) is 0.550. The van der Waals surface area contributed by atoms with Gasteiger partial charge in [-0.05, 0) is 50.3 Å². The number of nitrogens with one attached hydrogen (secondary N) is 1. The number of anilines is 1. The van der Waals surface area contributed by atoms with Gasteiger partial charge in [0.1, 0.15) is 0 Å². The van der Waals surface area contributed by atoms with E-state index in [0.29, 0.717) is 32.5 Å². The number of aliphatic carboxylic acids is 1. The molecule has 3 amide bonds. The van der Waals surface area contributed by atoms with E-state index in [1.807, 2.05) is 31.2 Å². The zero-order chi connectivity index (χ0) is 19.4. The van der Waals surface area contributed by atoms with Crippen LogP contribution in [0.5, 0.6) is 0 Å². The number of aryl methyl sites for hydroxylation is 1. The maximum Gasteiger partial charge on any atom is 0.321 e. The summed E-state index contributed by atoms with van der Waals surface area (Å²) in [6.07, 6.45) is 2.84. The highest BCUT2D eigenvalue weighted by atomic mass is 16.4. The lowest BCUT2D eigenvalue weighted by molar-refractivity contribution is -0.147. The SMILES string of the molecule is Cc1cccc(NC(=O)N2CCCC(C(=O)N3CCCC(C(=O)O)C3)C2)c1.